The van der Waals surface area contributed by atoms with Crippen LogP contribution in [0, 0.1) is 0 Å². The Bertz CT molecular complexity index is 583. The molecular formula is C14H13NO4. The molecule has 0 saturated heterocycles. The number of nitrogens with zero attached hydrogens (tertiary/aromatic N) is 1. The third kappa shape index (κ3) is 3.45. The van der Waals surface area contributed by atoms with Crippen molar-refractivity contribution < 1.29 is 19.4 Å². The van der Waals surface area contributed by atoms with Crippen LogP contribution in [0.1, 0.15) is 16.1 Å². The molecule has 0 bridgehead atoms. The van der Waals surface area contributed by atoms with E-state index in [1.54, 1.807) is 13.2 Å². The fraction of sp³-hybridized carbons (Fsp3) is 0.143. The van der Waals surface area contributed by atoms with Crippen LogP contribution in [0.15, 0.2) is 42.6 Å². The molecule has 2 rings (SSSR count). The van der Waals surface area contributed by atoms with Gasteiger partial charge in [0.15, 0.2) is 5.69 Å². The smallest absolute Gasteiger partial charge is 0.354 e. The molecule has 2 aromatic rings. The van der Waals surface area contributed by atoms with Gasteiger partial charge in [-0.2, -0.15) is 0 Å². The van der Waals surface area contributed by atoms with E-state index in [2.05, 4.69) is 4.98 Å². The molecule has 5 nitrogen and oxygen atoms in total. The van der Waals surface area contributed by atoms with Crippen LogP contribution in [0.25, 0.3) is 0 Å². The Hall–Kier alpha value is -2.56. The quantitative estimate of drug-likeness (QED) is 0.892. The Morgan fingerprint density at radius 3 is 2.84 bits per heavy atom. The highest BCUT2D eigenvalue weighted by atomic mass is 16.5. The predicted molar refractivity (Wildman–Crippen MR) is 68.5 cm³/mol. The maximum atomic E-state index is 10.8. The summed E-state index contributed by atoms with van der Waals surface area (Å²) in [6.45, 7) is 0.334. The molecule has 0 aliphatic carbocycles. The number of ether oxygens (including phenoxy) is 2. The van der Waals surface area contributed by atoms with Crippen molar-refractivity contribution in [2.24, 2.45) is 0 Å². The van der Waals surface area contributed by atoms with Crippen LogP contribution in [0.2, 0.25) is 0 Å². The molecule has 1 aromatic heterocycles. The van der Waals surface area contributed by atoms with Crippen molar-refractivity contribution in [2.45, 2.75) is 6.61 Å². The molecule has 98 valence electrons. The summed E-state index contributed by atoms with van der Waals surface area (Å²) in [6, 6.07) is 10.5. The van der Waals surface area contributed by atoms with E-state index in [0.717, 1.165) is 11.3 Å². The van der Waals surface area contributed by atoms with E-state index >= 15 is 0 Å². The molecule has 0 aliphatic rings. The van der Waals surface area contributed by atoms with Gasteiger partial charge >= 0.3 is 5.97 Å². The highest BCUT2D eigenvalue weighted by Crippen LogP contribution is 2.16. The molecule has 1 heterocycles. The average Bonchev–Trinajstić information content (AvgIpc) is 2.45. The first-order chi connectivity index (χ1) is 9.19. The molecule has 0 saturated carbocycles. The van der Waals surface area contributed by atoms with Gasteiger partial charge in [0.05, 0.1) is 7.11 Å². The second-order valence-corrected chi connectivity index (χ2v) is 3.82. The van der Waals surface area contributed by atoms with E-state index in [9.17, 15) is 4.79 Å². The lowest BCUT2D eigenvalue weighted by molar-refractivity contribution is 0.0690. The van der Waals surface area contributed by atoms with Gasteiger partial charge in [0, 0.05) is 12.3 Å². The summed E-state index contributed by atoms with van der Waals surface area (Å²) in [7, 11) is 1.60. The number of carboxylic acids is 1. The van der Waals surface area contributed by atoms with Crippen LogP contribution in [-0.4, -0.2) is 23.2 Å². The SMILES string of the molecule is COc1cccc(COc2ccnc(C(=O)O)c2)c1. The summed E-state index contributed by atoms with van der Waals surface area (Å²) < 4.78 is 10.6. The summed E-state index contributed by atoms with van der Waals surface area (Å²) in [4.78, 5) is 14.5. The number of aromatic nitrogens is 1. The van der Waals surface area contributed by atoms with Crippen LogP contribution >= 0.6 is 0 Å². The largest absolute Gasteiger partial charge is 0.497 e. The van der Waals surface area contributed by atoms with Gasteiger partial charge in [0.25, 0.3) is 0 Å². The van der Waals surface area contributed by atoms with E-state index in [-0.39, 0.29) is 5.69 Å². The topological polar surface area (TPSA) is 68.7 Å². The molecule has 19 heavy (non-hydrogen) atoms. The van der Waals surface area contributed by atoms with Crippen LogP contribution in [0.3, 0.4) is 0 Å². The highest BCUT2D eigenvalue weighted by molar-refractivity contribution is 5.85. The van der Waals surface area contributed by atoms with E-state index in [1.807, 2.05) is 24.3 Å². The summed E-state index contributed by atoms with van der Waals surface area (Å²) >= 11 is 0. The Kier molecular flexibility index (Phi) is 3.97. The first-order valence-corrected chi connectivity index (χ1v) is 5.64. The maximum Gasteiger partial charge on any atom is 0.354 e. The molecule has 0 amide bonds. The lowest BCUT2D eigenvalue weighted by Crippen LogP contribution is -2.01. The molecule has 0 atom stereocenters. The normalized spacial score (nSPS) is 9.95. The molecule has 1 N–H and O–H groups in total. The first-order valence-electron chi connectivity index (χ1n) is 5.64. The van der Waals surface area contributed by atoms with Gasteiger partial charge in [0.2, 0.25) is 0 Å². The van der Waals surface area contributed by atoms with Crippen molar-refractivity contribution in [3.05, 3.63) is 53.9 Å². The van der Waals surface area contributed by atoms with Crippen molar-refractivity contribution in [1.82, 2.24) is 4.98 Å². The predicted octanol–water partition coefficient (Wildman–Crippen LogP) is 2.37. The average molecular weight is 259 g/mol. The maximum absolute atomic E-state index is 10.8. The lowest BCUT2D eigenvalue weighted by atomic mass is 10.2. The van der Waals surface area contributed by atoms with Crippen molar-refractivity contribution in [3.8, 4) is 11.5 Å². The van der Waals surface area contributed by atoms with Crippen molar-refractivity contribution in [2.75, 3.05) is 7.11 Å². The van der Waals surface area contributed by atoms with Crippen LogP contribution in [0.5, 0.6) is 11.5 Å². The zero-order chi connectivity index (χ0) is 13.7. The van der Waals surface area contributed by atoms with E-state index in [1.165, 1.54) is 12.3 Å². The Labute approximate surface area is 110 Å². The zero-order valence-electron chi connectivity index (χ0n) is 10.4. The van der Waals surface area contributed by atoms with Crippen LogP contribution in [-0.2, 0) is 6.61 Å². The minimum atomic E-state index is -1.08. The van der Waals surface area contributed by atoms with Gasteiger partial charge in [-0.3, -0.25) is 0 Å². The fourth-order valence-corrected chi connectivity index (χ4v) is 1.55. The van der Waals surface area contributed by atoms with Gasteiger partial charge in [-0.05, 0) is 23.8 Å². The molecule has 1 aromatic carbocycles. The van der Waals surface area contributed by atoms with Crippen LogP contribution in [0.4, 0.5) is 0 Å². The summed E-state index contributed by atoms with van der Waals surface area (Å²) in [6.07, 6.45) is 1.41. The number of aromatic carboxylic acids is 1. The number of carbonyl (C=O) groups is 1. The fourth-order valence-electron chi connectivity index (χ4n) is 1.55. The van der Waals surface area contributed by atoms with Crippen molar-refractivity contribution >= 4 is 5.97 Å². The number of hydrogen-bond donors (Lipinski definition) is 1. The van der Waals surface area contributed by atoms with E-state index < -0.39 is 5.97 Å². The molecule has 0 spiro atoms. The van der Waals surface area contributed by atoms with E-state index in [0.29, 0.717) is 12.4 Å². The summed E-state index contributed by atoms with van der Waals surface area (Å²) in [5.74, 6) is 0.143. The Balaban J connectivity index is 2.05. The summed E-state index contributed by atoms with van der Waals surface area (Å²) in [5.41, 5.74) is 0.899. The van der Waals surface area contributed by atoms with Crippen LogP contribution < -0.4 is 9.47 Å². The molecule has 0 fully saturated rings. The van der Waals surface area contributed by atoms with Gasteiger partial charge in [-0.15, -0.1) is 0 Å². The zero-order valence-corrected chi connectivity index (χ0v) is 10.4. The number of hydrogen-bond acceptors (Lipinski definition) is 4. The Morgan fingerprint density at radius 1 is 1.26 bits per heavy atom. The molecule has 5 heteroatoms. The van der Waals surface area contributed by atoms with Crippen molar-refractivity contribution in [3.63, 3.8) is 0 Å². The first kappa shape index (κ1) is 12.9. The standard InChI is InChI=1S/C14H13NO4/c1-18-11-4-2-3-10(7-11)9-19-12-5-6-15-13(8-12)14(16)17/h2-8H,9H2,1H3,(H,16,17). The van der Waals surface area contributed by atoms with Gasteiger partial charge in [-0.25, -0.2) is 9.78 Å². The minimum absolute atomic E-state index is 0.0388. The molecular weight excluding hydrogens is 246 g/mol. The number of methoxy groups -OCH3 is 1. The second-order valence-electron chi connectivity index (χ2n) is 3.82. The number of rotatable bonds is 5. The lowest BCUT2D eigenvalue weighted by Gasteiger charge is -2.07. The summed E-state index contributed by atoms with van der Waals surface area (Å²) in [5, 5.41) is 8.83. The van der Waals surface area contributed by atoms with Crippen molar-refractivity contribution in [1.29, 1.82) is 0 Å². The Morgan fingerprint density at radius 2 is 2.11 bits per heavy atom. The number of carboxylic acid groups (broad SMARTS) is 1. The van der Waals surface area contributed by atoms with Gasteiger partial charge < -0.3 is 14.6 Å². The highest BCUT2D eigenvalue weighted by Gasteiger charge is 2.05. The monoisotopic (exact) mass is 259 g/mol. The third-order valence-electron chi connectivity index (χ3n) is 2.49. The number of pyridine rings is 1. The molecule has 0 radical (unpaired) electrons. The minimum Gasteiger partial charge on any atom is -0.497 e. The van der Waals surface area contributed by atoms with E-state index in [4.69, 9.17) is 14.6 Å². The number of benzene rings is 1. The second kappa shape index (κ2) is 5.86. The molecule has 0 unspecified atom stereocenters. The van der Waals surface area contributed by atoms with Gasteiger partial charge in [0.1, 0.15) is 18.1 Å². The van der Waals surface area contributed by atoms with Gasteiger partial charge in [-0.1, -0.05) is 12.1 Å². The molecule has 0 aliphatic heterocycles. The third-order valence-corrected chi connectivity index (χ3v) is 2.49.